The van der Waals surface area contributed by atoms with Crippen LogP contribution in [0.15, 0.2) is 66.7 Å². The van der Waals surface area contributed by atoms with Crippen LogP contribution in [-0.4, -0.2) is 36.2 Å². The highest BCUT2D eigenvalue weighted by Gasteiger charge is 2.19. The molecule has 26 heavy (non-hydrogen) atoms. The zero-order chi connectivity index (χ0) is 17.9. The third-order valence-electron chi connectivity index (χ3n) is 4.79. The molecule has 1 heterocycles. The summed E-state index contributed by atoms with van der Waals surface area (Å²) in [5, 5.41) is 7.41. The lowest BCUT2D eigenvalue weighted by molar-refractivity contribution is 0.391. The van der Waals surface area contributed by atoms with E-state index >= 15 is 0 Å². The molecular formula is C21H20ClN3S. The Hall–Kier alpha value is -2.30. The number of fused-ring (bicyclic) bond motifs is 1. The van der Waals surface area contributed by atoms with E-state index in [9.17, 15) is 0 Å². The minimum absolute atomic E-state index is 0.771. The molecule has 4 rings (SSSR count). The third-order valence-corrected chi connectivity index (χ3v) is 5.40. The van der Waals surface area contributed by atoms with Crippen LogP contribution in [0.3, 0.4) is 0 Å². The lowest BCUT2D eigenvalue weighted by atomic mass is 10.1. The Bertz CT molecular complexity index is 913. The van der Waals surface area contributed by atoms with Gasteiger partial charge in [-0.1, -0.05) is 48.0 Å². The van der Waals surface area contributed by atoms with Crippen molar-refractivity contribution in [2.24, 2.45) is 0 Å². The Kier molecular flexibility index (Phi) is 4.96. The monoisotopic (exact) mass is 381 g/mol. The molecule has 1 saturated heterocycles. The van der Waals surface area contributed by atoms with Gasteiger partial charge in [-0.05, 0) is 47.9 Å². The number of benzene rings is 3. The molecule has 132 valence electrons. The maximum absolute atomic E-state index is 5.98. The summed E-state index contributed by atoms with van der Waals surface area (Å²) in [6.45, 7) is 3.69. The molecule has 0 atom stereocenters. The Morgan fingerprint density at radius 1 is 0.846 bits per heavy atom. The van der Waals surface area contributed by atoms with E-state index < -0.39 is 0 Å². The van der Waals surface area contributed by atoms with E-state index in [4.69, 9.17) is 23.8 Å². The van der Waals surface area contributed by atoms with E-state index in [1.165, 1.54) is 16.5 Å². The van der Waals surface area contributed by atoms with Crippen LogP contribution in [0.5, 0.6) is 0 Å². The molecule has 3 nitrogen and oxygen atoms in total. The number of nitrogens with zero attached hydrogens (tertiary/aromatic N) is 2. The fraction of sp³-hybridized carbons (Fsp3) is 0.190. The largest absolute Gasteiger partial charge is 0.368 e. The van der Waals surface area contributed by atoms with Crippen molar-refractivity contribution in [3.05, 3.63) is 71.8 Å². The van der Waals surface area contributed by atoms with Crippen LogP contribution < -0.4 is 10.2 Å². The van der Waals surface area contributed by atoms with Crippen molar-refractivity contribution >= 4 is 51.1 Å². The van der Waals surface area contributed by atoms with Crippen LogP contribution in [0.2, 0.25) is 5.02 Å². The first kappa shape index (κ1) is 17.1. The molecule has 0 saturated carbocycles. The van der Waals surface area contributed by atoms with Crippen LogP contribution in [0.4, 0.5) is 11.4 Å². The van der Waals surface area contributed by atoms with Gasteiger partial charge >= 0.3 is 0 Å². The molecule has 5 heteroatoms. The Balaban J connectivity index is 1.41. The predicted molar refractivity (Wildman–Crippen MR) is 115 cm³/mol. The van der Waals surface area contributed by atoms with E-state index in [1.54, 1.807) is 0 Å². The van der Waals surface area contributed by atoms with E-state index in [2.05, 4.69) is 69.7 Å². The summed E-state index contributed by atoms with van der Waals surface area (Å²) in [6.07, 6.45) is 0. The van der Waals surface area contributed by atoms with Gasteiger partial charge in [-0.15, -0.1) is 0 Å². The van der Waals surface area contributed by atoms with Gasteiger partial charge in [0.15, 0.2) is 5.11 Å². The second-order valence-electron chi connectivity index (χ2n) is 6.41. The summed E-state index contributed by atoms with van der Waals surface area (Å²) < 4.78 is 0. The number of rotatable bonds is 2. The summed E-state index contributed by atoms with van der Waals surface area (Å²) >= 11 is 11.7. The number of hydrogen-bond donors (Lipinski definition) is 1. The first-order valence-electron chi connectivity index (χ1n) is 8.75. The molecule has 0 unspecified atom stereocenters. The van der Waals surface area contributed by atoms with Gasteiger partial charge in [0, 0.05) is 48.0 Å². The van der Waals surface area contributed by atoms with Gasteiger partial charge in [0.1, 0.15) is 0 Å². The van der Waals surface area contributed by atoms with Crippen molar-refractivity contribution in [2.75, 3.05) is 36.4 Å². The van der Waals surface area contributed by atoms with Crippen LogP contribution >= 0.6 is 23.8 Å². The maximum atomic E-state index is 5.98. The summed E-state index contributed by atoms with van der Waals surface area (Å²) in [4.78, 5) is 4.61. The molecule has 1 N–H and O–H groups in total. The topological polar surface area (TPSA) is 18.5 Å². The summed E-state index contributed by atoms with van der Waals surface area (Å²) in [5.41, 5.74) is 2.27. The minimum atomic E-state index is 0.771. The summed E-state index contributed by atoms with van der Waals surface area (Å²) in [6, 6.07) is 22.6. The number of anilines is 2. The molecule has 1 aliphatic rings. The van der Waals surface area contributed by atoms with Gasteiger partial charge in [0.25, 0.3) is 0 Å². The van der Waals surface area contributed by atoms with Gasteiger partial charge in [0.05, 0.1) is 0 Å². The first-order valence-corrected chi connectivity index (χ1v) is 9.53. The molecule has 0 aliphatic carbocycles. The van der Waals surface area contributed by atoms with E-state index in [0.29, 0.717) is 0 Å². The molecule has 0 spiro atoms. The molecule has 1 fully saturated rings. The average Bonchev–Trinajstić information content (AvgIpc) is 2.69. The van der Waals surface area contributed by atoms with Crippen molar-refractivity contribution < 1.29 is 0 Å². The fourth-order valence-electron chi connectivity index (χ4n) is 3.35. The lowest BCUT2D eigenvalue weighted by Gasteiger charge is -2.37. The second kappa shape index (κ2) is 7.52. The number of hydrogen-bond acceptors (Lipinski definition) is 2. The summed E-state index contributed by atoms with van der Waals surface area (Å²) in [7, 11) is 0. The number of thiocarbonyl (C=S) groups is 1. The van der Waals surface area contributed by atoms with E-state index in [1.807, 2.05) is 12.1 Å². The molecule has 0 bridgehead atoms. The van der Waals surface area contributed by atoms with Gasteiger partial charge in [-0.25, -0.2) is 0 Å². The molecule has 0 radical (unpaired) electrons. The molecule has 0 amide bonds. The average molecular weight is 382 g/mol. The SMILES string of the molecule is S=C(Nc1cccc2ccccc12)N1CCN(c2ccc(Cl)cc2)CC1. The highest BCUT2D eigenvalue weighted by atomic mass is 35.5. The standard InChI is InChI=1S/C21H20ClN3S/c22-17-8-10-18(11-9-17)24-12-14-25(15-13-24)21(26)23-20-7-3-5-16-4-1-2-6-19(16)20/h1-11H,12-15H2,(H,23,26). The van der Waals surface area contributed by atoms with Crippen molar-refractivity contribution in [3.8, 4) is 0 Å². The second-order valence-corrected chi connectivity index (χ2v) is 7.23. The molecule has 3 aromatic carbocycles. The molecule has 0 aromatic heterocycles. The Morgan fingerprint density at radius 2 is 1.54 bits per heavy atom. The maximum Gasteiger partial charge on any atom is 0.173 e. The van der Waals surface area contributed by atoms with Crippen molar-refractivity contribution in [2.45, 2.75) is 0 Å². The van der Waals surface area contributed by atoms with Crippen LogP contribution in [-0.2, 0) is 0 Å². The van der Waals surface area contributed by atoms with E-state index in [-0.39, 0.29) is 0 Å². The molecular weight excluding hydrogens is 362 g/mol. The molecule has 1 aliphatic heterocycles. The zero-order valence-electron chi connectivity index (χ0n) is 14.4. The van der Waals surface area contributed by atoms with Crippen molar-refractivity contribution in [1.29, 1.82) is 0 Å². The number of halogens is 1. The third kappa shape index (κ3) is 3.62. The number of nitrogens with one attached hydrogen (secondary N) is 1. The van der Waals surface area contributed by atoms with Gasteiger partial charge in [0.2, 0.25) is 0 Å². The first-order chi connectivity index (χ1) is 12.7. The van der Waals surface area contributed by atoms with Gasteiger partial charge in [-0.3, -0.25) is 0 Å². The van der Waals surface area contributed by atoms with Crippen LogP contribution in [0.1, 0.15) is 0 Å². The van der Waals surface area contributed by atoms with Crippen molar-refractivity contribution in [1.82, 2.24) is 4.90 Å². The van der Waals surface area contributed by atoms with Crippen molar-refractivity contribution in [3.63, 3.8) is 0 Å². The highest BCUT2D eigenvalue weighted by molar-refractivity contribution is 7.80. The predicted octanol–water partition coefficient (Wildman–Crippen LogP) is 5.01. The normalized spacial score (nSPS) is 14.5. The smallest absolute Gasteiger partial charge is 0.173 e. The number of piperazine rings is 1. The van der Waals surface area contributed by atoms with Crippen LogP contribution in [0.25, 0.3) is 10.8 Å². The summed E-state index contributed by atoms with van der Waals surface area (Å²) in [5.74, 6) is 0. The zero-order valence-corrected chi connectivity index (χ0v) is 15.9. The van der Waals surface area contributed by atoms with Gasteiger partial charge < -0.3 is 15.1 Å². The van der Waals surface area contributed by atoms with Crippen LogP contribution in [0, 0.1) is 0 Å². The van der Waals surface area contributed by atoms with Gasteiger partial charge in [-0.2, -0.15) is 0 Å². The lowest BCUT2D eigenvalue weighted by Crippen LogP contribution is -2.50. The fourth-order valence-corrected chi connectivity index (χ4v) is 3.77. The highest BCUT2D eigenvalue weighted by Crippen LogP contribution is 2.24. The van der Waals surface area contributed by atoms with E-state index in [0.717, 1.165) is 42.0 Å². The molecule has 3 aromatic rings. The minimum Gasteiger partial charge on any atom is -0.368 e. The Morgan fingerprint density at radius 3 is 2.31 bits per heavy atom. The Labute approximate surface area is 164 Å². The quantitative estimate of drug-likeness (QED) is 0.628.